The molecule has 1 aromatic rings. The van der Waals surface area contributed by atoms with Crippen molar-refractivity contribution in [2.24, 2.45) is 5.92 Å². The summed E-state index contributed by atoms with van der Waals surface area (Å²) in [6.07, 6.45) is -4.21. The number of rotatable bonds is 5. The van der Waals surface area contributed by atoms with E-state index in [0.29, 0.717) is 18.5 Å². The van der Waals surface area contributed by atoms with Gasteiger partial charge in [-0.3, -0.25) is 4.79 Å². The molecule has 0 heterocycles. The van der Waals surface area contributed by atoms with E-state index in [2.05, 4.69) is 5.32 Å². The number of benzene rings is 1. The van der Waals surface area contributed by atoms with Crippen molar-refractivity contribution in [1.29, 1.82) is 0 Å². The molecule has 0 aromatic heterocycles. The lowest BCUT2D eigenvalue weighted by molar-refractivity contribution is -0.137. The number of nitrogens with one attached hydrogen (secondary N) is 1. The summed E-state index contributed by atoms with van der Waals surface area (Å²) in [5.41, 5.74) is -0.289. The number of halogens is 5. The summed E-state index contributed by atoms with van der Waals surface area (Å²) in [6.45, 7) is 0.306. The average Bonchev–Trinajstić information content (AvgIpc) is 2.36. The zero-order chi connectivity index (χ0) is 16.4. The molecule has 22 heavy (non-hydrogen) atoms. The van der Waals surface area contributed by atoms with Gasteiger partial charge in [0.2, 0.25) is 11.8 Å². The van der Waals surface area contributed by atoms with Crippen LogP contribution in [0.25, 0.3) is 0 Å². The van der Waals surface area contributed by atoms with E-state index in [0.717, 1.165) is 12.1 Å². The fraction of sp³-hybridized carbons (Fsp3) is 0.533. The van der Waals surface area contributed by atoms with E-state index < -0.39 is 17.7 Å². The van der Waals surface area contributed by atoms with Gasteiger partial charge in [0.25, 0.3) is 0 Å². The highest BCUT2D eigenvalue weighted by atomic mass is 19.4. The van der Waals surface area contributed by atoms with Crippen LogP contribution in [0, 0.1) is 5.92 Å². The lowest BCUT2D eigenvalue weighted by Crippen LogP contribution is -2.37. The Kier molecular flexibility index (Phi) is 4.72. The molecule has 0 radical (unpaired) electrons. The number of alkyl halides is 5. The Morgan fingerprint density at radius 2 is 1.77 bits per heavy atom. The van der Waals surface area contributed by atoms with Crippen LogP contribution in [0.5, 0.6) is 0 Å². The van der Waals surface area contributed by atoms with Crippen molar-refractivity contribution in [2.45, 2.75) is 37.8 Å². The maximum atomic E-state index is 12.6. The van der Waals surface area contributed by atoms with E-state index in [4.69, 9.17) is 0 Å². The summed E-state index contributed by atoms with van der Waals surface area (Å²) < 4.78 is 62.4. The van der Waals surface area contributed by atoms with Gasteiger partial charge in [-0.25, -0.2) is 8.78 Å². The predicted molar refractivity (Wildman–Crippen MR) is 70.4 cm³/mol. The van der Waals surface area contributed by atoms with Crippen molar-refractivity contribution < 1.29 is 26.7 Å². The standard InChI is InChI=1S/C15H16F5NO/c16-14(17)8-11(9-14)5-6-21-13(22)7-10-1-3-12(4-2-10)15(18,19)20/h1-4,11H,5-9H2,(H,21,22). The minimum absolute atomic E-state index is 0.0288. The predicted octanol–water partition coefficient (Wildman–Crippen LogP) is 3.80. The molecule has 122 valence electrons. The van der Waals surface area contributed by atoms with Gasteiger partial charge in [0.05, 0.1) is 12.0 Å². The molecule has 7 heteroatoms. The van der Waals surface area contributed by atoms with Gasteiger partial charge in [-0.05, 0) is 30.0 Å². The highest BCUT2D eigenvalue weighted by Crippen LogP contribution is 2.43. The van der Waals surface area contributed by atoms with Gasteiger partial charge in [0.15, 0.2) is 0 Å². The van der Waals surface area contributed by atoms with Gasteiger partial charge in [-0.2, -0.15) is 13.2 Å². The van der Waals surface area contributed by atoms with Gasteiger partial charge >= 0.3 is 6.18 Å². The summed E-state index contributed by atoms with van der Waals surface area (Å²) in [6, 6.07) is 4.38. The fourth-order valence-electron chi connectivity index (χ4n) is 2.46. The third-order valence-corrected chi connectivity index (χ3v) is 3.70. The molecule has 0 spiro atoms. The van der Waals surface area contributed by atoms with Crippen molar-refractivity contribution in [3.63, 3.8) is 0 Å². The smallest absolute Gasteiger partial charge is 0.356 e. The summed E-state index contributed by atoms with van der Waals surface area (Å²) in [7, 11) is 0. The Balaban J connectivity index is 1.71. The van der Waals surface area contributed by atoms with Crippen LogP contribution < -0.4 is 5.32 Å². The lowest BCUT2D eigenvalue weighted by atomic mass is 9.79. The van der Waals surface area contributed by atoms with Crippen LogP contribution in [-0.2, 0) is 17.4 Å². The van der Waals surface area contributed by atoms with Crippen molar-refractivity contribution in [3.8, 4) is 0 Å². The molecular weight excluding hydrogens is 305 g/mol. The third-order valence-electron chi connectivity index (χ3n) is 3.70. The molecule has 0 atom stereocenters. The maximum Gasteiger partial charge on any atom is 0.416 e. The monoisotopic (exact) mass is 321 g/mol. The Morgan fingerprint density at radius 3 is 2.27 bits per heavy atom. The number of amides is 1. The molecule has 0 aliphatic heterocycles. The van der Waals surface area contributed by atoms with Gasteiger partial charge in [0.1, 0.15) is 0 Å². The molecule has 2 nitrogen and oxygen atoms in total. The van der Waals surface area contributed by atoms with Crippen LogP contribution >= 0.6 is 0 Å². The zero-order valence-electron chi connectivity index (χ0n) is 11.7. The summed E-state index contributed by atoms with van der Waals surface area (Å²) >= 11 is 0. The van der Waals surface area contributed by atoms with E-state index in [1.54, 1.807) is 0 Å². The Morgan fingerprint density at radius 1 is 1.18 bits per heavy atom. The molecule has 1 aliphatic rings. The molecule has 0 unspecified atom stereocenters. The first-order valence-corrected chi connectivity index (χ1v) is 6.96. The second kappa shape index (κ2) is 6.22. The molecule has 1 aliphatic carbocycles. The van der Waals surface area contributed by atoms with Crippen molar-refractivity contribution in [3.05, 3.63) is 35.4 Å². The topological polar surface area (TPSA) is 29.1 Å². The molecule has 1 aromatic carbocycles. The summed E-state index contributed by atoms with van der Waals surface area (Å²) in [4.78, 5) is 11.6. The van der Waals surface area contributed by atoms with Crippen LogP contribution in [-0.4, -0.2) is 18.4 Å². The first kappa shape index (κ1) is 16.7. The SMILES string of the molecule is O=C(Cc1ccc(C(F)(F)F)cc1)NCCC1CC(F)(F)C1. The largest absolute Gasteiger partial charge is 0.416 e. The first-order chi connectivity index (χ1) is 10.2. The Hall–Kier alpha value is -1.66. The number of hydrogen-bond donors (Lipinski definition) is 1. The maximum absolute atomic E-state index is 12.6. The molecule has 1 amide bonds. The highest BCUT2D eigenvalue weighted by Gasteiger charge is 2.44. The third kappa shape index (κ3) is 4.68. The minimum atomic E-state index is -4.40. The molecule has 1 N–H and O–H groups in total. The van der Waals surface area contributed by atoms with Crippen LogP contribution in [0.1, 0.15) is 30.4 Å². The van der Waals surface area contributed by atoms with Crippen LogP contribution in [0.15, 0.2) is 24.3 Å². The quantitative estimate of drug-likeness (QED) is 0.821. The second-order valence-corrected chi connectivity index (χ2v) is 5.64. The van der Waals surface area contributed by atoms with Crippen LogP contribution in [0.2, 0.25) is 0 Å². The van der Waals surface area contributed by atoms with Gasteiger partial charge in [-0.1, -0.05) is 12.1 Å². The molecule has 2 rings (SSSR count). The van der Waals surface area contributed by atoms with E-state index in [9.17, 15) is 26.7 Å². The van der Waals surface area contributed by atoms with Gasteiger partial charge in [0, 0.05) is 19.4 Å². The molecule has 1 fully saturated rings. The number of carbonyl (C=O) groups excluding carboxylic acids is 1. The van der Waals surface area contributed by atoms with Crippen molar-refractivity contribution in [2.75, 3.05) is 6.54 Å². The fourth-order valence-corrected chi connectivity index (χ4v) is 2.46. The summed E-state index contributed by atoms with van der Waals surface area (Å²) in [5, 5.41) is 2.60. The van der Waals surface area contributed by atoms with E-state index in [-0.39, 0.29) is 31.1 Å². The number of carbonyl (C=O) groups is 1. The average molecular weight is 321 g/mol. The van der Waals surface area contributed by atoms with E-state index >= 15 is 0 Å². The molecule has 0 saturated heterocycles. The lowest BCUT2D eigenvalue weighted by Gasteiger charge is -2.34. The van der Waals surface area contributed by atoms with E-state index in [1.165, 1.54) is 12.1 Å². The second-order valence-electron chi connectivity index (χ2n) is 5.64. The Bertz CT molecular complexity index is 516. The zero-order valence-corrected chi connectivity index (χ0v) is 11.7. The minimum Gasteiger partial charge on any atom is -0.356 e. The molecule has 0 bridgehead atoms. The first-order valence-electron chi connectivity index (χ1n) is 6.96. The van der Waals surface area contributed by atoms with Gasteiger partial charge < -0.3 is 5.32 Å². The van der Waals surface area contributed by atoms with Crippen molar-refractivity contribution in [1.82, 2.24) is 5.32 Å². The van der Waals surface area contributed by atoms with Gasteiger partial charge in [-0.15, -0.1) is 0 Å². The molecule has 1 saturated carbocycles. The summed E-state index contributed by atoms with van der Waals surface area (Å²) in [5.74, 6) is -2.96. The van der Waals surface area contributed by atoms with Crippen LogP contribution in [0.4, 0.5) is 22.0 Å². The van der Waals surface area contributed by atoms with Crippen LogP contribution in [0.3, 0.4) is 0 Å². The Labute approximate surface area is 124 Å². The molecular formula is C15H16F5NO. The normalized spacial score (nSPS) is 17.9. The van der Waals surface area contributed by atoms with E-state index in [1.807, 2.05) is 0 Å². The number of hydrogen-bond acceptors (Lipinski definition) is 1. The van der Waals surface area contributed by atoms with Crippen molar-refractivity contribution >= 4 is 5.91 Å². The highest BCUT2D eigenvalue weighted by molar-refractivity contribution is 5.78.